The van der Waals surface area contributed by atoms with Gasteiger partial charge in [-0.3, -0.25) is 0 Å². The molecule has 0 aliphatic heterocycles. The molecule has 0 aliphatic rings. The van der Waals surface area contributed by atoms with Crippen LogP contribution in [0.15, 0.2) is 72.8 Å². The highest BCUT2D eigenvalue weighted by Gasteiger charge is 2.13. The van der Waals surface area contributed by atoms with Crippen LogP contribution >= 0.6 is 23.2 Å². The zero-order valence-corrected chi connectivity index (χ0v) is 21.1. The van der Waals surface area contributed by atoms with Crippen molar-refractivity contribution in [3.8, 4) is 17.0 Å². The Morgan fingerprint density at radius 3 is 2.42 bits per heavy atom. The quantitative estimate of drug-likeness (QED) is 0.231. The van der Waals surface area contributed by atoms with Gasteiger partial charge < -0.3 is 20.3 Å². The van der Waals surface area contributed by atoms with Crippen molar-refractivity contribution in [1.82, 2.24) is 4.98 Å². The molecule has 2 amide bonds. The first-order valence-electron chi connectivity index (χ1n) is 11.3. The Bertz CT molecular complexity index is 1350. The van der Waals surface area contributed by atoms with Crippen LogP contribution in [-0.2, 0) is 0 Å². The van der Waals surface area contributed by atoms with Crippen molar-refractivity contribution in [2.75, 3.05) is 47.5 Å². The van der Waals surface area contributed by atoms with E-state index < -0.39 is 11.8 Å². The fraction of sp³-hybridized carbons (Fsp3) is 0.185. The maximum absolute atomic E-state index is 14.0. The van der Waals surface area contributed by atoms with Crippen LogP contribution in [0.3, 0.4) is 0 Å². The number of nitrogens with zero attached hydrogens (tertiary/aromatic N) is 2. The van der Waals surface area contributed by atoms with E-state index in [2.05, 4.69) is 20.5 Å². The Morgan fingerprint density at radius 1 is 0.972 bits per heavy atom. The lowest BCUT2D eigenvalue weighted by Crippen LogP contribution is -2.27. The number of anilines is 3. The second kappa shape index (κ2) is 11.9. The Labute approximate surface area is 219 Å². The van der Waals surface area contributed by atoms with Crippen molar-refractivity contribution in [1.29, 1.82) is 0 Å². The van der Waals surface area contributed by atoms with Crippen molar-refractivity contribution in [2.45, 2.75) is 0 Å². The highest BCUT2D eigenvalue weighted by Crippen LogP contribution is 2.30. The summed E-state index contributed by atoms with van der Waals surface area (Å²) in [6.07, 6.45) is 0. The van der Waals surface area contributed by atoms with Crippen molar-refractivity contribution in [2.24, 2.45) is 0 Å². The number of urea groups is 1. The molecule has 4 aromatic rings. The van der Waals surface area contributed by atoms with Gasteiger partial charge in [0.15, 0.2) is 0 Å². The molecular weight excluding hydrogens is 502 g/mol. The molecule has 0 bridgehead atoms. The molecule has 0 radical (unpaired) electrons. The maximum atomic E-state index is 14.0. The Hall–Kier alpha value is -3.55. The van der Waals surface area contributed by atoms with E-state index in [0.717, 1.165) is 11.3 Å². The average molecular weight is 527 g/mol. The maximum Gasteiger partial charge on any atom is 0.323 e. The normalized spacial score (nSPS) is 10.8. The molecule has 0 saturated heterocycles. The number of amides is 2. The summed E-state index contributed by atoms with van der Waals surface area (Å²) in [5.41, 5.74) is 3.97. The van der Waals surface area contributed by atoms with Crippen LogP contribution in [0.25, 0.3) is 22.2 Å². The van der Waals surface area contributed by atoms with Crippen LogP contribution in [0.5, 0.6) is 5.75 Å². The minimum atomic E-state index is -0.463. The van der Waals surface area contributed by atoms with E-state index in [-0.39, 0.29) is 0 Å². The smallest absolute Gasteiger partial charge is 0.323 e. The van der Waals surface area contributed by atoms with Gasteiger partial charge in [0.05, 0.1) is 24.0 Å². The van der Waals surface area contributed by atoms with Gasteiger partial charge in [-0.15, -0.1) is 23.2 Å². The number of ether oxygens (including phenoxy) is 1. The van der Waals surface area contributed by atoms with Crippen molar-refractivity contribution < 1.29 is 13.9 Å². The average Bonchev–Trinajstić information content (AvgIpc) is 2.89. The molecule has 0 atom stereocenters. The number of carbonyl (C=O) groups excluding carboxylic acids is 1. The first-order valence-corrected chi connectivity index (χ1v) is 12.4. The third-order valence-electron chi connectivity index (χ3n) is 5.58. The molecule has 2 N–H and O–H groups in total. The second-order valence-electron chi connectivity index (χ2n) is 7.94. The summed E-state index contributed by atoms with van der Waals surface area (Å²) in [6.45, 7) is 1.34. The molecule has 0 aliphatic carbocycles. The number of halogens is 3. The molecule has 0 fully saturated rings. The number of hydrogen-bond donors (Lipinski definition) is 2. The topological polar surface area (TPSA) is 66.5 Å². The summed E-state index contributed by atoms with van der Waals surface area (Å²) in [6, 6.07) is 20.4. The summed E-state index contributed by atoms with van der Waals surface area (Å²) in [5, 5.41) is 6.16. The molecule has 3 aromatic carbocycles. The number of carbonyl (C=O) groups is 1. The molecule has 4 rings (SSSR count). The van der Waals surface area contributed by atoms with Crippen LogP contribution in [0.2, 0.25) is 0 Å². The number of nitrogens with one attached hydrogen (secondary N) is 2. The lowest BCUT2D eigenvalue weighted by Gasteiger charge is -2.23. The Kier molecular flexibility index (Phi) is 8.46. The standard InChI is InChI=1S/C27H25Cl2FN4O2/c1-36-22-4-2-3-18(15-22)25-17-26(23-16-19(30)5-10-24(23)32-25)33-27(35)31-20-6-8-21(9-7-20)34(13-11-28)14-12-29/h2-10,15-17H,11-14H2,1H3,(H2,31,32,33,35). The van der Waals surface area contributed by atoms with Crippen molar-refractivity contribution >= 4 is 57.2 Å². The molecular formula is C27H25Cl2FN4O2. The van der Waals surface area contributed by atoms with Gasteiger partial charge in [0, 0.05) is 47.2 Å². The first-order chi connectivity index (χ1) is 17.5. The lowest BCUT2D eigenvalue weighted by molar-refractivity contribution is 0.262. The number of benzene rings is 3. The molecule has 36 heavy (non-hydrogen) atoms. The lowest BCUT2D eigenvalue weighted by atomic mass is 10.1. The van der Waals surface area contributed by atoms with Gasteiger partial charge in [0.2, 0.25) is 0 Å². The predicted octanol–water partition coefficient (Wildman–Crippen LogP) is 6.98. The highest BCUT2D eigenvalue weighted by molar-refractivity contribution is 6.18. The van der Waals surface area contributed by atoms with Gasteiger partial charge in [0.1, 0.15) is 11.6 Å². The molecule has 0 spiro atoms. The van der Waals surface area contributed by atoms with E-state index in [4.69, 9.17) is 27.9 Å². The molecule has 0 saturated carbocycles. The summed E-state index contributed by atoms with van der Waals surface area (Å²) < 4.78 is 19.4. The van der Waals surface area contributed by atoms with Gasteiger partial charge in [0.25, 0.3) is 0 Å². The van der Waals surface area contributed by atoms with Gasteiger partial charge in [-0.05, 0) is 60.7 Å². The number of fused-ring (bicyclic) bond motifs is 1. The molecule has 9 heteroatoms. The minimum Gasteiger partial charge on any atom is -0.497 e. The van der Waals surface area contributed by atoms with E-state index >= 15 is 0 Å². The molecule has 186 valence electrons. The molecule has 1 aromatic heterocycles. The second-order valence-corrected chi connectivity index (χ2v) is 8.70. The molecule has 1 heterocycles. The van der Waals surface area contributed by atoms with E-state index in [1.54, 1.807) is 31.4 Å². The first kappa shape index (κ1) is 25.5. The SMILES string of the molecule is COc1cccc(-c2cc(NC(=O)Nc3ccc(N(CCCl)CCCl)cc3)c3cc(F)ccc3n2)c1. The number of pyridine rings is 1. The fourth-order valence-corrected chi connectivity index (χ4v) is 4.25. The van der Waals surface area contributed by atoms with E-state index in [0.29, 0.717) is 58.6 Å². The number of methoxy groups -OCH3 is 1. The number of rotatable bonds is 9. The van der Waals surface area contributed by atoms with Crippen molar-refractivity contribution in [3.05, 3.63) is 78.6 Å². The summed E-state index contributed by atoms with van der Waals surface area (Å²) in [7, 11) is 1.59. The van der Waals surface area contributed by atoms with Gasteiger partial charge in [-0.2, -0.15) is 0 Å². The summed E-state index contributed by atoms with van der Waals surface area (Å²) in [4.78, 5) is 19.6. The zero-order valence-electron chi connectivity index (χ0n) is 19.6. The van der Waals surface area contributed by atoms with Crippen LogP contribution in [0.1, 0.15) is 0 Å². The molecule has 0 unspecified atom stereocenters. The number of hydrogen-bond acceptors (Lipinski definition) is 4. The largest absolute Gasteiger partial charge is 0.497 e. The highest BCUT2D eigenvalue weighted by atomic mass is 35.5. The Balaban J connectivity index is 1.58. The summed E-state index contributed by atoms with van der Waals surface area (Å²) >= 11 is 11.8. The van der Waals surface area contributed by atoms with Crippen LogP contribution in [0, 0.1) is 5.82 Å². The van der Waals surface area contributed by atoms with Gasteiger partial charge >= 0.3 is 6.03 Å². The predicted molar refractivity (Wildman–Crippen MR) is 146 cm³/mol. The monoisotopic (exact) mass is 526 g/mol. The molecule has 6 nitrogen and oxygen atoms in total. The van der Waals surface area contributed by atoms with Crippen LogP contribution in [-0.4, -0.2) is 43.0 Å². The van der Waals surface area contributed by atoms with Gasteiger partial charge in [-0.25, -0.2) is 14.2 Å². The third kappa shape index (κ3) is 6.17. The van der Waals surface area contributed by atoms with E-state index in [1.165, 1.54) is 12.1 Å². The minimum absolute atomic E-state index is 0.420. The third-order valence-corrected chi connectivity index (χ3v) is 5.92. The van der Waals surface area contributed by atoms with Gasteiger partial charge in [-0.1, -0.05) is 12.1 Å². The van der Waals surface area contributed by atoms with E-state index in [9.17, 15) is 9.18 Å². The summed E-state index contributed by atoms with van der Waals surface area (Å²) in [5.74, 6) is 1.23. The zero-order chi connectivity index (χ0) is 25.5. The number of alkyl halides is 2. The number of aromatic nitrogens is 1. The Morgan fingerprint density at radius 2 is 1.72 bits per heavy atom. The van der Waals surface area contributed by atoms with Crippen LogP contribution < -0.4 is 20.3 Å². The van der Waals surface area contributed by atoms with E-state index in [1.807, 2.05) is 36.4 Å². The van der Waals surface area contributed by atoms with Crippen LogP contribution in [0.4, 0.5) is 26.2 Å². The fourth-order valence-electron chi connectivity index (χ4n) is 3.85. The van der Waals surface area contributed by atoms with Crippen molar-refractivity contribution in [3.63, 3.8) is 0 Å².